The molecule has 0 aliphatic carbocycles. The smallest absolute Gasteiger partial charge is 0.253 e. The molecule has 2 unspecified atom stereocenters. The number of aromatic nitrogens is 1. The molecule has 2 aliphatic heterocycles. The molecule has 2 aromatic rings. The lowest BCUT2D eigenvalue weighted by Gasteiger charge is -2.39. The van der Waals surface area contributed by atoms with Crippen LogP contribution >= 0.6 is 0 Å². The summed E-state index contributed by atoms with van der Waals surface area (Å²) in [5.41, 5.74) is 3.62. The molecule has 2 fully saturated rings. The van der Waals surface area contributed by atoms with Crippen LogP contribution in [0.2, 0.25) is 0 Å². The molecule has 0 radical (unpaired) electrons. The zero-order valence-electron chi connectivity index (χ0n) is 24.5. The molecule has 39 heavy (non-hydrogen) atoms. The Morgan fingerprint density at radius 3 is 2.41 bits per heavy atom. The number of piperazine rings is 1. The molecule has 8 heteroatoms. The molecule has 4 rings (SSSR count). The van der Waals surface area contributed by atoms with Crippen molar-refractivity contribution in [2.75, 3.05) is 58.0 Å². The Morgan fingerprint density at radius 1 is 1.03 bits per heavy atom. The molecule has 3 atom stereocenters. The number of anilines is 1. The number of rotatable bonds is 5. The molecule has 0 bridgehead atoms. The van der Waals surface area contributed by atoms with Crippen LogP contribution in [-0.4, -0.2) is 77.3 Å². The lowest BCUT2D eigenvalue weighted by Crippen LogP contribution is -2.51. The quantitative estimate of drug-likeness (QED) is 0.589. The summed E-state index contributed by atoms with van der Waals surface area (Å²) in [5, 5.41) is 3.46. The topological polar surface area (TPSA) is 66.8 Å². The lowest BCUT2D eigenvalue weighted by atomic mass is 10.1. The highest BCUT2D eigenvalue weighted by Crippen LogP contribution is 2.24. The SMILES string of the molecule is CN1CCN(C2CCCOC2)CC1.Cc1cc([C@@H](C)Nc2ccccc2S(C)=O)cccn(C)c(=O)c(C)c1. The third-order valence-electron chi connectivity index (χ3n) is 7.35. The fourth-order valence-electron chi connectivity index (χ4n) is 5.01. The number of nitrogens with zero attached hydrogens (tertiary/aromatic N) is 3. The van der Waals surface area contributed by atoms with Crippen LogP contribution in [0.5, 0.6) is 0 Å². The van der Waals surface area contributed by atoms with Crippen LogP contribution in [-0.2, 0) is 22.6 Å². The first-order chi connectivity index (χ1) is 18.7. The predicted octanol–water partition coefficient (Wildman–Crippen LogP) is 4.45. The molecule has 7 nitrogen and oxygen atoms in total. The fourth-order valence-corrected chi connectivity index (χ4v) is 5.71. The summed E-state index contributed by atoms with van der Waals surface area (Å²) in [7, 11) is 2.89. The molecular formula is C31H46N4O3S. The van der Waals surface area contributed by atoms with Crippen LogP contribution in [0.1, 0.15) is 42.5 Å². The second-order valence-corrected chi connectivity index (χ2v) is 12.0. The number of likely N-dealkylation sites (N-methyl/N-ethyl adjacent to an activating group) is 1. The summed E-state index contributed by atoms with van der Waals surface area (Å²) in [4.78, 5) is 18.0. The zero-order valence-corrected chi connectivity index (χ0v) is 25.3. The number of para-hydroxylation sites is 1. The summed E-state index contributed by atoms with van der Waals surface area (Å²) < 4.78 is 19.0. The highest BCUT2D eigenvalue weighted by Gasteiger charge is 2.24. The second-order valence-electron chi connectivity index (χ2n) is 10.7. The van der Waals surface area contributed by atoms with Crippen molar-refractivity contribution in [1.29, 1.82) is 0 Å². The van der Waals surface area contributed by atoms with Gasteiger partial charge >= 0.3 is 0 Å². The van der Waals surface area contributed by atoms with Crippen LogP contribution in [0.25, 0.3) is 0 Å². The maximum absolute atomic E-state index is 12.2. The van der Waals surface area contributed by atoms with Crippen molar-refractivity contribution in [2.45, 2.75) is 50.6 Å². The fraction of sp³-hybridized carbons (Fsp3) is 0.516. The molecule has 0 amide bonds. The highest BCUT2D eigenvalue weighted by atomic mass is 32.2. The number of nitrogens with one attached hydrogen (secondary N) is 1. The average molecular weight is 555 g/mol. The van der Waals surface area contributed by atoms with E-state index < -0.39 is 10.8 Å². The summed E-state index contributed by atoms with van der Waals surface area (Å²) in [6.07, 6.45) is 6.03. The van der Waals surface area contributed by atoms with Gasteiger partial charge in [0.05, 0.1) is 28.0 Å². The van der Waals surface area contributed by atoms with Crippen molar-refractivity contribution in [3.63, 3.8) is 0 Å². The monoisotopic (exact) mass is 554 g/mol. The van der Waals surface area contributed by atoms with Gasteiger partial charge < -0.3 is 19.5 Å². The minimum atomic E-state index is -1.06. The largest absolute Gasteiger partial charge is 0.380 e. The first-order valence-corrected chi connectivity index (χ1v) is 15.4. The van der Waals surface area contributed by atoms with Crippen molar-refractivity contribution in [3.8, 4) is 0 Å². The van der Waals surface area contributed by atoms with Gasteiger partial charge in [-0.2, -0.15) is 0 Å². The first-order valence-electron chi connectivity index (χ1n) is 13.9. The van der Waals surface area contributed by atoms with E-state index in [1.807, 2.05) is 56.3 Å². The van der Waals surface area contributed by atoms with Gasteiger partial charge in [-0.05, 0) is 64.4 Å². The Hall–Kier alpha value is -2.52. The van der Waals surface area contributed by atoms with E-state index in [0.717, 1.165) is 34.9 Å². The maximum Gasteiger partial charge on any atom is 0.253 e. The van der Waals surface area contributed by atoms with Crippen LogP contribution in [0.15, 0.2) is 64.4 Å². The van der Waals surface area contributed by atoms with Crippen molar-refractivity contribution in [1.82, 2.24) is 14.4 Å². The third-order valence-corrected chi connectivity index (χ3v) is 8.33. The Balaban J connectivity index is 0.000000268. The molecule has 2 aliphatic rings. The Kier molecular flexibility index (Phi) is 12.2. The van der Waals surface area contributed by atoms with Gasteiger partial charge in [-0.3, -0.25) is 13.9 Å². The normalized spacial score (nSPS) is 19.7. The number of aryl methyl sites for hydroxylation is 3. The van der Waals surface area contributed by atoms with Crippen LogP contribution in [0.3, 0.4) is 0 Å². The van der Waals surface area contributed by atoms with Gasteiger partial charge in [0.2, 0.25) is 0 Å². The highest BCUT2D eigenvalue weighted by molar-refractivity contribution is 7.84. The predicted molar refractivity (Wildman–Crippen MR) is 163 cm³/mol. The van der Waals surface area contributed by atoms with Gasteiger partial charge in [-0.25, -0.2) is 0 Å². The van der Waals surface area contributed by atoms with E-state index in [1.54, 1.807) is 24.1 Å². The molecule has 1 aromatic carbocycles. The molecule has 2 saturated heterocycles. The molecule has 0 spiro atoms. The van der Waals surface area contributed by atoms with Crippen LogP contribution < -0.4 is 10.9 Å². The van der Waals surface area contributed by atoms with Crippen molar-refractivity contribution in [2.24, 2.45) is 7.05 Å². The number of ether oxygens (including phenoxy) is 1. The molecule has 1 N–H and O–H groups in total. The lowest BCUT2D eigenvalue weighted by molar-refractivity contribution is 0.00161. The summed E-state index contributed by atoms with van der Waals surface area (Å²) >= 11 is 0. The van der Waals surface area contributed by atoms with Crippen molar-refractivity contribution in [3.05, 3.63) is 81.8 Å². The van der Waals surface area contributed by atoms with E-state index in [9.17, 15) is 9.00 Å². The van der Waals surface area contributed by atoms with Gasteiger partial charge in [0.1, 0.15) is 0 Å². The molecule has 3 heterocycles. The summed E-state index contributed by atoms with van der Waals surface area (Å²) in [6, 6.07) is 16.2. The number of hydrogen-bond donors (Lipinski definition) is 1. The van der Waals surface area contributed by atoms with E-state index in [1.165, 1.54) is 39.0 Å². The van der Waals surface area contributed by atoms with Gasteiger partial charge in [0.15, 0.2) is 0 Å². The van der Waals surface area contributed by atoms with E-state index in [-0.39, 0.29) is 11.6 Å². The van der Waals surface area contributed by atoms with E-state index in [2.05, 4.69) is 35.2 Å². The Bertz CT molecular complexity index is 1220. The van der Waals surface area contributed by atoms with Crippen LogP contribution in [0, 0.1) is 13.8 Å². The molecule has 214 valence electrons. The summed E-state index contributed by atoms with van der Waals surface area (Å²) in [5.74, 6) is 0. The van der Waals surface area contributed by atoms with Gasteiger partial charge in [-0.1, -0.05) is 35.9 Å². The minimum absolute atomic E-state index is 0.00782. The number of hydrogen-bond acceptors (Lipinski definition) is 6. The van der Waals surface area contributed by atoms with Crippen molar-refractivity contribution >= 4 is 16.5 Å². The van der Waals surface area contributed by atoms with Gasteiger partial charge in [0.25, 0.3) is 5.56 Å². The minimum Gasteiger partial charge on any atom is -0.380 e. The average Bonchev–Trinajstić information content (AvgIpc) is 2.93. The van der Waals surface area contributed by atoms with E-state index >= 15 is 0 Å². The third kappa shape index (κ3) is 9.57. The number of benzene rings is 1. The van der Waals surface area contributed by atoms with Gasteiger partial charge in [0, 0.05) is 69.9 Å². The van der Waals surface area contributed by atoms with E-state index in [0.29, 0.717) is 11.6 Å². The maximum atomic E-state index is 12.2. The molecule has 0 saturated carbocycles. The molecule has 1 aromatic heterocycles. The van der Waals surface area contributed by atoms with Crippen molar-refractivity contribution < 1.29 is 8.95 Å². The van der Waals surface area contributed by atoms with Crippen LogP contribution in [0.4, 0.5) is 5.69 Å². The first kappa shape index (κ1) is 31.0. The standard InChI is InChI=1S/C21H26N2O2S.C10H20N2O/c1-15-13-16(2)21(24)23(4)12-8-9-18(14-15)17(3)22-19-10-6-7-11-20(19)26(5)25;1-11-4-6-12(7-5-11)10-3-2-8-13-9-10/h6-14,17,22H,1-5H3;10H,2-9H2,1H3/t17-,26?;/m1./s1. The Labute approximate surface area is 237 Å². The zero-order chi connectivity index (χ0) is 28.4. The van der Waals surface area contributed by atoms with Gasteiger partial charge in [-0.15, -0.1) is 0 Å². The Morgan fingerprint density at radius 2 is 1.74 bits per heavy atom. The molecular weight excluding hydrogens is 508 g/mol. The summed E-state index contributed by atoms with van der Waals surface area (Å²) in [6.45, 7) is 12.7. The van der Waals surface area contributed by atoms with E-state index in [4.69, 9.17) is 4.74 Å². The second kappa shape index (κ2) is 15.3.